The summed E-state index contributed by atoms with van der Waals surface area (Å²) >= 11 is 0. The van der Waals surface area contributed by atoms with Gasteiger partial charge in [-0.2, -0.15) is 0 Å². The molecule has 0 saturated heterocycles. The Morgan fingerprint density at radius 3 is 1.82 bits per heavy atom. The lowest BCUT2D eigenvalue weighted by Gasteiger charge is -2.24. The predicted octanol–water partition coefficient (Wildman–Crippen LogP) is 8.01. The van der Waals surface area contributed by atoms with Crippen molar-refractivity contribution in [1.29, 1.82) is 0 Å². The van der Waals surface area contributed by atoms with Crippen LogP contribution >= 0.6 is 0 Å². The van der Waals surface area contributed by atoms with E-state index in [0.29, 0.717) is 16.9 Å². The first-order valence-corrected chi connectivity index (χ1v) is 17.0. The summed E-state index contributed by atoms with van der Waals surface area (Å²) in [6.45, 7) is 4.77. The summed E-state index contributed by atoms with van der Waals surface area (Å²) in [5, 5.41) is 16.0. The zero-order valence-corrected chi connectivity index (χ0v) is 29.9. The highest BCUT2D eigenvalue weighted by Gasteiger charge is 2.28. The van der Waals surface area contributed by atoms with Gasteiger partial charge < -0.3 is 24.5 Å². The standard InChI is InChI=1S/C19H18.C15H27N3O.C8H4O3/c1-13-5-4-8-17-15(13)11-12-18-16-7-3-2-6-14(16)9-10-19(17)18;1-16(2)9-12-7-13(10-17(3)4)15(19)14(8-12)11-18(5)6;9-7-5-3-1-2-4-6(5)8(10)11-7/h2-3,6-7,9-13H,4-5,8H2,1H3;7-8,19H,9-11H2,1-6H3;1-4H. The van der Waals surface area contributed by atoms with Crippen molar-refractivity contribution >= 4 is 33.5 Å². The van der Waals surface area contributed by atoms with Crippen LogP contribution in [-0.4, -0.2) is 74.0 Å². The molecule has 0 fully saturated rings. The minimum absolute atomic E-state index is 0.359. The van der Waals surface area contributed by atoms with Gasteiger partial charge in [0.05, 0.1) is 11.1 Å². The third-order valence-electron chi connectivity index (χ3n) is 9.02. The molecule has 0 amide bonds. The fourth-order valence-corrected chi connectivity index (χ4v) is 6.89. The van der Waals surface area contributed by atoms with Crippen molar-refractivity contribution in [3.8, 4) is 5.75 Å². The summed E-state index contributed by atoms with van der Waals surface area (Å²) in [6.07, 6.45) is 3.92. The molecule has 5 aromatic rings. The molecule has 1 aliphatic heterocycles. The van der Waals surface area contributed by atoms with Crippen LogP contribution in [-0.2, 0) is 30.8 Å². The van der Waals surface area contributed by atoms with Crippen LogP contribution < -0.4 is 0 Å². The lowest BCUT2D eigenvalue weighted by molar-refractivity contribution is 0.0443. The van der Waals surface area contributed by atoms with Gasteiger partial charge in [0, 0.05) is 30.8 Å². The number of rotatable bonds is 6. The maximum Gasteiger partial charge on any atom is 0.346 e. The molecule has 1 N–H and O–H groups in total. The average molecular weight is 660 g/mol. The number of ether oxygens (including phenoxy) is 1. The van der Waals surface area contributed by atoms with Crippen molar-refractivity contribution in [2.75, 3.05) is 42.3 Å². The fraction of sp³-hybridized carbons (Fsp3) is 0.333. The predicted molar refractivity (Wildman–Crippen MR) is 199 cm³/mol. The molecule has 0 bridgehead atoms. The number of aryl methyl sites for hydroxylation is 1. The smallest absolute Gasteiger partial charge is 0.346 e. The molecule has 49 heavy (non-hydrogen) atoms. The second kappa shape index (κ2) is 15.8. The molecule has 0 radical (unpaired) electrons. The Morgan fingerprint density at radius 2 is 1.22 bits per heavy atom. The Labute approximate surface area is 290 Å². The van der Waals surface area contributed by atoms with E-state index in [9.17, 15) is 14.7 Å². The van der Waals surface area contributed by atoms with E-state index >= 15 is 0 Å². The Hall–Kier alpha value is -4.56. The number of carbonyl (C=O) groups is 2. The van der Waals surface area contributed by atoms with Crippen LogP contribution in [0.15, 0.2) is 84.9 Å². The van der Waals surface area contributed by atoms with Crippen molar-refractivity contribution < 1.29 is 19.4 Å². The first kappa shape index (κ1) is 35.7. The van der Waals surface area contributed by atoms with Gasteiger partial charge in [-0.15, -0.1) is 0 Å². The molecule has 1 unspecified atom stereocenters. The number of nitrogens with zero attached hydrogens (tertiary/aromatic N) is 3. The molecule has 1 atom stereocenters. The van der Waals surface area contributed by atoms with Gasteiger partial charge in [0.1, 0.15) is 5.75 Å². The molecule has 7 nitrogen and oxygen atoms in total. The van der Waals surface area contributed by atoms with Crippen molar-refractivity contribution in [2.45, 2.75) is 51.7 Å². The van der Waals surface area contributed by atoms with Crippen molar-refractivity contribution in [3.63, 3.8) is 0 Å². The number of hydrogen-bond acceptors (Lipinski definition) is 7. The summed E-state index contributed by atoms with van der Waals surface area (Å²) < 4.78 is 4.35. The van der Waals surface area contributed by atoms with E-state index in [2.05, 4.69) is 101 Å². The molecular formula is C42H49N3O4. The van der Waals surface area contributed by atoms with E-state index in [4.69, 9.17) is 0 Å². The summed E-state index contributed by atoms with van der Waals surface area (Å²) in [6, 6.07) is 28.8. The van der Waals surface area contributed by atoms with E-state index in [1.54, 1.807) is 35.4 Å². The monoisotopic (exact) mass is 659 g/mol. The van der Waals surface area contributed by atoms with Crippen LogP contribution in [0.1, 0.15) is 74.2 Å². The second-order valence-electron chi connectivity index (χ2n) is 14.0. The number of hydrogen-bond donors (Lipinski definition) is 1. The number of carbonyl (C=O) groups excluding carboxylic acids is 2. The lowest BCUT2D eigenvalue weighted by Crippen LogP contribution is -2.16. The fourth-order valence-electron chi connectivity index (χ4n) is 6.89. The number of phenolic OH excluding ortho intramolecular Hbond substituents is 1. The highest BCUT2D eigenvalue weighted by atomic mass is 16.6. The van der Waals surface area contributed by atoms with Crippen LogP contribution in [0.3, 0.4) is 0 Å². The van der Waals surface area contributed by atoms with Crippen LogP contribution in [0.2, 0.25) is 0 Å². The average Bonchev–Trinajstić information content (AvgIpc) is 3.35. The molecule has 1 aliphatic carbocycles. The largest absolute Gasteiger partial charge is 0.507 e. The number of benzene rings is 5. The molecule has 5 aromatic carbocycles. The zero-order chi connectivity index (χ0) is 35.2. The highest BCUT2D eigenvalue weighted by molar-refractivity contribution is 6.14. The van der Waals surface area contributed by atoms with Gasteiger partial charge in [-0.05, 0) is 130 Å². The van der Waals surface area contributed by atoms with Crippen molar-refractivity contribution in [3.05, 3.63) is 124 Å². The van der Waals surface area contributed by atoms with E-state index in [1.165, 1.54) is 46.4 Å². The van der Waals surface area contributed by atoms with Crippen molar-refractivity contribution in [1.82, 2.24) is 14.7 Å². The van der Waals surface area contributed by atoms with Crippen LogP contribution in [0.5, 0.6) is 5.75 Å². The van der Waals surface area contributed by atoms with Crippen LogP contribution in [0.25, 0.3) is 21.5 Å². The Kier molecular flexibility index (Phi) is 11.5. The quantitative estimate of drug-likeness (QED) is 0.113. The Bertz CT molecular complexity index is 1900. The number of phenols is 1. The SMILES string of the molecule is CC1CCCc2c1ccc1c2ccc2ccccc21.CN(C)Cc1cc(CN(C)C)c(O)c(CN(C)C)c1.O=C1OC(=O)c2ccccc21. The van der Waals surface area contributed by atoms with Crippen LogP contribution in [0.4, 0.5) is 0 Å². The van der Waals surface area contributed by atoms with Gasteiger partial charge in [-0.3, -0.25) is 0 Å². The Balaban J connectivity index is 0.000000149. The summed E-state index contributed by atoms with van der Waals surface area (Å²) in [5.41, 5.74) is 7.14. The normalized spacial score (nSPS) is 15.1. The minimum atomic E-state index is -0.550. The van der Waals surface area contributed by atoms with Gasteiger partial charge in [-0.1, -0.05) is 67.6 Å². The van der Waals surface area contributed by atoms with E-state index < -0.39 is 11.9 Å². The minimum Gasteiger partial charge on any atom is -0.507 e. The van der Waals surface area contributed by atoms with E-state index in [-0.39, 0.29) is 0 Å². The molecular weight excluding hydrogens is 610 g/mol. The van der Waals surface area contributed by atoms with E-state index in [0.717, 1.165) is 36.7 Å². The summed E-state index contributed by atoms with van der Waals surface area (Å²) in [4.78, 5) is 28.0. The number of fused-ring (bicyclic) bond motifs is 6. The second-order valence-corrected chi connectivity index (χ2v) is 14.0. The molecule has 7 rings (SSSR count). The zero-order valence-electron chi connectivity index (χ0n) is 29.9. The maximum atomic E-state index is 10.8. The number of esters is 2. The molecule has 7 heteroatoms. The van der Waals surface area contributed by atoms with Gasteiger partial charge in [0.25, 0.3) is 0 Å². The topological polar surface area (TPSA) is 73.3 Å². The number of cyclic esters (lactones) is 2. The number of aromatic hydroxyl groups is 1. The van der Waals surface area contributed by atoms with Crippen molar-refractivity contribution in [2.24, 2.45) is 0 Å². The van der Waals surface area contributed by atoms with Gasteiger partial charge in [0.15, 0.2) is 0 Å². The maximum absolute atomic E-state index is 10.8. The molecule has 0 saturated carbocycles. The molecule has 1 heterocycles. The van der Waals surface area contributed by atoms with Gasteiger partial charge >= 0.3 is 11.9 Å². The van der Waals surface area contributed by atoms with E-state index in [1.807, 2.05) is 28.2 Å². The van der Waals surface area contributed by atoms with Gasteiger partial charge in [-0.25, -0.2) is 9.59 Å². The molecule has 2 aliphatic rings. The lowest BCUT2D eigenvalue weighted by atomic mass is 9.81. The molecule has 256 valence electrons. The first-order valence-electron chi connectivity index (χ1n) is 17.0. The third-order valence-corrected chi connectivity index (χ3v) is 9.02. The first-order chi connectivity index (χ1) is 23.4. The summed E-state index contributed by atoms with van der Waals surface area (Å²) in [5.74, 6) is 0.0562. The molecule has 0 aromatic heterocycles. The third kappa shape index (κ3) is 8.54. The summed E-state index contributed by atoms with van der Waals surface area (Å²) in [7, 11) is 12.2. The highest BCUT2D eigenvalue weighted by Crippen LogP contribution is 2.37. The van der Waals surface area contributed by atoms with Crippen LogP contribution in [0, 0.1) is 0 Å². The molecule has 0 spiro atoms. The van der Waals surface area contributed by atoms with Gasteiger partial charge in [0.2, 0.25) is 0 Å². The Morgan fingerprint density at radius 1 is 0.673 bits per heavy atom.